The van der Waals surface area contributed by atoms with Gasteiger partial charge in [0.25, 0.3) is 0 Å². The average Bonchev–Trinajstić information content (AvgIpc) is 3.06. The predicted molar refractivity (Wildman–Crippen MR) is 125 cm³/mol. The number of pyridine rings is 1. The van der Waals surface area contributed by atoms with E-state index in [0.29, 0.717) is 12.6 Å². The van der Waals surface area contributed by atoms with Gasteiger partial charge < -0.3 is 9.80 Å². The molecule has 0 unspecified atom stereocenters. The quantitative estimate of drug-likeness (QED) is 0.609. The molecule has 2 saturated heterocycles. The lowest BCUT2D eigenvalue weighted by Gasteiger charge is -2.36. The van der Waals surface area contributed by atoms with Crippen molar-refractivity contribution in [1.82, 2.24) is 19.7 Å². The van der Waals surface area contributed by atoms with Crippen LogP contribution < -0.4 is 0 Å². The van der Waals surface area contributed by atoms with Gasteiger partial charge >= 0.3 is 0 Å². The number of rotatable bonds is 7. The Morgan fingerprint density at radius 1 is 1.12 bits per heavy atom. The molecule has 174 valence electrons. The van der Waals surface area contributed by atoms with Gasteiger partial charge in [0.2, 0.25) is 17.7 Å². The molecule has 0 N–H and O–H groups in total. The Hall–Kier alpha value is -3.06. The summed E-state index contributed by atoms with van der Waals surface area (Å²) in [5.74, 6) is -0.653. The molecule has 3 heterocycles. The van der Waals surface area contributed by atoms with E-state index in [1.807, 2.05) is 30.3 Å². The van der Waals surface area contributed by atoms with Crippen LogP contribution in [0.2, 0.25) is 0 Å². The van der Waals surface area contributed by atoms with Gasteiger partial charge in [-0.3, -0.25) is 24.3 Å². The normalized spacial score (nSPS) is 23.7. The number of piperidine rings is 1. The van der Waals surface area contributed by atoms with Gasteiger partial charge in [-0.15, -0.1) is 0 Å². The fourth-order valence-corrected chi connectivity index (χ4v) is 5.04. The Morgan fingerprint density at radius 2 is 1.85 bits per heavy atom. The highest BCUT2D eigenvalue weighted by atomic mass is 16.2. The first-order valence-electron chi connectivity index (χ1n) is 11.6. The summed E-state index contributed by atoms with van der Waals surface area (Å²) in [5.41, 5.74) is 0.381. The van der Waals surface area contributed by atoms with E-state index in [2.05, 4.69) is 16.9 Å². The minimum atomic E-state index is -1.17. The van der Waals surface area contributed by atoms with Crippen molar-refractivity contribution in [2.24, 2.45) is 0 Å². The molecular weight excluding hydrogens is 416 g/mol. The molecule has 7 nitrogen and oxygen atoms in total. The van der Waals surface area contributed by atoms with Crippen LogP contribution in [0.1, 0.15) is 43.2 Å². The summed E-state index contributed by atoms with van der Waals surface area (Å²) in [6, 6.07) is 13.2. The van der Waals surface area contributed by atoms with E-state index >= 15 is 0 Å². The average molecular weight is 449 g/mol. The van der Waals surface area contributed by atoms with E-state index in [4.69, 9.17) is 0 Å². The van der Waals surface area contributed by atoms with Crippen molar-refractivity contribution >= 4 is 17.7 Å². The van der Waals surface area contributed by atoms with Crippen LogP contribution in [0.25, 0.3) is 0 Å². The zero-order valence-corrected chi connectivity index (χ0v) is 19.4. The summed E-state index contributed by atoms with van der Waals surface area (Å²) < 4.78 is 0. The minimum absolute atomic E-state index is 0.00381. The van der Waals surface area contributed by atoms with Gasteiger partial charge in [-0.05, 0) is 49.7 Å². The van der Waals surface area contributed by atoms with E-state index < -0.39 is 5.41 Å². The van der Waals surface area contributed by atoms with Crippen molar-refractivity contribution in [1.29, 1.82) is 0 Å². The van der Waals surface area contributed by atoms with Crippen LogP contribution in [0.5, 0.6) is 0 Å². The fourth-order valence-electron chi connectivity index (χ4n) is 5.04. The maximum atomic E-state index is 13.8. The number of likely N-dealkylation sites (N-methyl/N-ethyl adjacent to an activating group) is 2. The van der Waals surface area contributed by atoms with E-state index in [9.17, 15) is 14.4 Å². The van der Waals surface area contributed by atoms with Crippen LogP contribution in [0.4, 0.5) is 0 Å². The molecule has 2 aliphatic rings. The second-order valence-corrected chi connectivity index (χ2v) is 9.35. The van der Waals surface area contributed by atoms with Crippen LogP contribution in [0, 0.1) is 0 Å². The van der Waals surface area contributed by atoms with Crippen molar-refractivity contribution in [2.45, 2.75) is 50.1 Å². The number of hydrogen-bond acceptors (Lipinski definition) is 5. The Balaban J connectivity index is 1.57. The van der Waals surface area contributed by atoms with Crippen LogP contribution in [0.3, 0.4) is 0 Å². The van der Waals surface area contributed by atoms with Crippen molar-refractivity contribution < 1.29 is 14.4 Å². The molecule has 0 spiro atoms. The van der Waals surface area contributed by atoms with E-state index in [-0.39, 0.29) is 37.1 Å². The highest BCUT2D eigenvalue weighted by Crippen LogP contribution is 2.41. The van der Waals surface area contributed by atoms with Crippen molar-refractivity contribution in [3.05, 3.63) is 66.0 Å². The van der Waals surface area contributed by atoms with Crippen LogP contribution in [0.15, 0.2) is 54.9 Å². The Morgan fingerprint density at radius 3 is 2.55 bits per heavy atom. The zero-order chi connectivity index (χ0) is 23.4. The molecule has 2 aromatic rings. The van der Waals surface area contributed by atoms with Gasteiger partial charge in [-0.1, -0.05) is 36.8 Å². The SMILES string of the molecule is CN(C[C@@H]1CCCCN1C)C(=O)C[C@]1(c2ccccc2)CC(=O)N(Cc2ccncc2)C1=O. The number of nitrogens with zero attached hydrogens (tertiary/aromatic N) is 4. The molecule has 3 amide bonds. The molecule has 33 heavy (non-hydrogen) atoms. The zero-order valence-electron chi connectivity index (χ0n) is 19.4. The number of imide groups is 1. The van der Waals surface area contributed by atoms with Gasteiger partial charge in [0.1, 0.15) is 0 Å². The molecule has 0 bridgehead atoms. The summed E-state index contributed by atoms with van der Waals surface area (Å²) >= 11 is 0. The van der Waals surface area contributed by atoms with E-state index in [1.54, 1.807) is 36.5 Å². The Labute approximate surface area is 195 Å². The standard InChI is InChI=1S/C26H32N4O3/c1-28-15-7-6-10-22(28)19-29(2)23(31)16-26(21-8-4-3-5-9-21)17-24(32)30(25(26)33)18-20-11-13-27-14-12-20/h3-5,8-9,11-14,22H,6-7,10,15-19H2,1-2H3/t22-,26+/m0/s1. The smallest absolute Gasteiger partial charge is 0.241 e. The molecule has 0 saturated carbocycles. The number of carbonyl (C=O) groups excluding carboxylic acids is 3. The Kier molecular flexibility index (Phi) is 6.88. The second-order valence-electron chi connectivity index (χ2n) is 9.35. The molecule has 0 aliphatic carbocycles. The molecule has 4 rings (SSSR count). The van der Waals surface area contributed by atoms with Gasteiger partial charge in [0, 0.05) is 44.9 Å². The topological polar surface area (TPSA) is 73.8 Å². The molecule has 2 atom stereocenters. The van der Waals surface area contributed by atoms with E-state index in [0.717, 1.165) is 24.1 Å². The number of carbonyl (C=O) groups is 3. The second kappa shape index (κ2) is 9.83. The predicted octanol–water partition coefficient (Wildman–Crippen LogP) is 2.61. The monoisotopic (exact) mass is 448 g/mol. The molecule has 1 aromatic heterocycles. The largest absolute Gasteiger partial charge is 0.344 e. The Bertz CT molecular complexity index is 997. The molecule has 2 aliphatic heterocycles. The lowest BCUT2D eigenvalue weighted by molar-refractivity contribution is -0.143. The number of likely N-dealkylation sites (tertiary alicyclic amines) is 2. The summed E-state index contributed by atoms with van der Waals surface area (Å²) in [6.45, 7) is 1.85. The number of benzene rings is 1. The summed E-state index contributed by atoms with van der Waals surface area (Å²) in [7, 11) is 3.91. The van der Waals surface area contributed by atoms with Crippen molar-refractivity contribution in [3.8, 4) is 0 Å². The number of amides is 3. The third kappa shape index (κ3) is 4.83. The highest BCUT2D eigenvalue weighted by molar-refractivity contribution is 6.10. The summed E-state index contributed by atoms with van der Waals surface area (Å²) in [5, 5.41) is 0. The van der Waals surface area contributed by atoms with Gasteiger partial charge in [-0.2, -0.15) is 0 Å². The molecular formula is C26H32N4O3. The number of aromatic nitrogens is 1. The molecule has 0 radical (unpaired) electrons. The van der Waals surface area contributed by atoms with E-state index in [1.165, 1.54) is 17.7 Å². The van der Waals surface area contributed by atoms with Crippen LogP contribution in [-0.4, -0.2) is 70.6 Å². The van der Waals surface area contributed by atoms with Gasteiger partial charge in [0.05, 0.1) is 12.0 Å². The molecule has 2 fully saturated rings. The van der Waals surface area contributed by atoms with Crippen molar-refractivity contribution in [3.63, 3.8) is 0 Å². The first-order chi connectivity index (χ1) is 15.9. The molecule has 1 aromatic carbocycles. The highest BCUT2D eigenvalue weighted by Gasteiger charge is 2.54. The fraction of sp³-hybridized carbons (Fsp3) is 0.462. The first-order valence-corrected chi connectivity index (χ1v) is 11.6. The number of hydrogen-bond donors (Lipinski definition) is 0. The van der Waals surface area contributed by atoms with Crippen LogP contribution >= 0.6 is 0 Å². The molecule has 7 heteroatoms. The maximum absolute atomic E-state index is 13.8. The van der Waals surface area contributed by atoms with Crippen LogP contribution in [-0.2, 0) is 26.3 Å². The maximum Gasteiger partial charge on any atom is 0.241 e. The third-order valence-corrected chi connectivity index (χ3v) is 7.11. The van der Waals surface area contributed by atoms with Crippen molar-refractivity contribution in [2.75, 3.05) is 27.2 Å². The van der Waals surface area contributed by atoms with Gasteiger partial charge in [0.15, 0.2) is 0 Å². The minimum Gasteiger partial charge on any atom is -0.344 e. The van der Waals surface area contributed by atoms with Gasteiger partial charge in [-0.25, -0.2) is 0 Å². The first kappa shape index (κ1) is 23.1. The summed E-state index contributed by atoms with van der Waals surface area (Å²) in [6.07, 6.45) is 6.70. The summed E-state index contributed by atoms with van der Waals surface area (Å²) in [4.78, 5) is 49.5. The lowest BCUT2D eigenvalue weighted by atomic mass is 9.75. The third-order valence-electron chi connectivity index (χ3n) is 7.11. The lowest BCUT2D eigenvalue weighted by Crippen LogP contribution is -2.47.